The Morgan fingerprint density at radius 1 is 1.14 bits per heavy atom. The Hall–Kier alpha value is -1.35. The molecule has 112 valence electrons. The first-order chi connectivity index (χ1) is 10.3. The fraction of sp³-hybridized carbons (Fsp3) is 0.611. The van der Waals surface area contributed by atoms with Crippen molar-refractivity contribution in [2.75, 3.05) is 6.54 Å². The summed E-state index contributed by atoms with van der Waals surface area (Å²) < 4.78 is 0. The van der Waals surface area contributed by atoms with Crippen molar-refractivity contribution in [3.63, 3.8) is 0 Å². The van der Waals surface area contributed by atoms with Crippen molar-refractivity contribution < 1.29 is 4.79 Å². The molecule has 0 unspecified atom stereocenters. The molecule has 0 bridgehead atoms. The Labute approximate surface area is 126 Å². The molecular weight excluding hydrogens is 260 g/mol. The SMILES string of the molecule is O=C(NCC(C1CC1)C1CC1)[C@@H]1Cc2ccccc2CN1. The minimum atomic E-state index is -0.0565. The molecule has 3 nitrogen and oxygen atoms in total. The van der Waals surface area contributed by atoms with Crippen molar-refractivity contribution in [3.05, 3.63) is 35.4 Å². The number of carbonyl (C=O) groups excluding carboxylic acids is 1. The van der Waals surface area contributed by atoms with E-state index in [1.165, 1.54) is 36.8 Å². The molecule has 1 amide bonds. The lowest BCUT2D eigenvalue weighted by Crippen LogP contribution is -2.48. The molecule has 2 N–H and O–H groups in total. The fourth-order valence-electron chi connectivity index (χ4n) is 3.75. The molecule has 1 aliphatic heterocycles. The van der Waals surface area contributed by atoms with Crippen molar-refractivity contribution >= 4 is 5.91 Å². The van der Waals surface area contributed by atoms with Crippen LogP contribution in [-0.4, -0.2) is 18.5 Å². The van der Waals surface area contributed by atoms with Gasteiger partial charge in [0.2, 0.25) is 5.91 Å². The second kappa shape index (κ2) is 5.45. The zero-order valence-electron chi connectivity index (χ0n) is 12.5. The maximum atomic E-state index is 12.4. The summed E-state index contributed by atoms with van der Waals surface area (Å²) in [5, 5.41) is 6.60. The lowest BCUT2D eigenvalue weighted by molar-refractivity contribution is -0.123. The van der Waals surface area contributed by atoms with Crippen LogP contribution in [0.2, 0.25) is 0 Å². The van der Waals surface area contributed by atoms with Crippen LogP contribution in [-0.2, 0) is 17.8 Å². The van der Waals surface area contributed by atoms with Gasteiger partial charge in [0.25, 0.3) is 0 Å². The molecular formula is C18H24N2O. The minimum Gasteiger partial charge on any atom is -0.354 e. The van der Waals surface area contributed by atoms with Gasteiger partial charge in [-0.15, -0.1) is 0 Å². The van der Waals surface area contributed by atoms with E-state index in [0.29, 0.717) is 0 Å². The highest BCUT2D eigenvalue weighted by molar-refractivity contribution is 5.82. The monoisotopic (exact) mass is 284 g/mol. The molecule has 3 aliphatic rings. The minimum absolute atomic E-state index is 0.0565. The molecule has 0 radical (unpaired) electrons. The zero-order chi connectivity index (χ0) is 14.2. The number of benzene rings is 1. The predicted octanol–water partition coefficient (Wildman–Crippen LogP) is 2.25. The smallest absolute Gasteiger partial charge is 0.237 e. The lowest BCUT2D eigenvalue weighted by atomic mass is 9.94. The van der Waals surface area contributed by atoms with Gasteiger partial charge in [-0.25, -0.2) is 0 Å². The van der Waals surface area contributed by atoms with Crippen molar-refractivity contribution in [1.82, 2.24) is 10.6 Å². The summed E-state index contributed by atoms with van der Waals surface area (Å²) in [7, 11) is 0. The maximum Gasteiger partial charge on any atom is 0.237 e. The molecule has 3 heteroatoms. The second-order valence-corrected chi connectivity index (χ2v) is 6.99. The topological polar surface area (TPSA) is 41.1 Å². The third-order valence-electron chi connectivity index (χ3n) is 5.36. The van der Waals surface area contributed by atoms with Gasteiger partial charge in [-0.1, -0.05) is 24.3 Å². The van der Waals surface area contributed by atoms with E-state index < -0.39 is 0 Å². The van der Waals surface area contributed by atoms with Gasteiger partial charge in [-0.2, -0.15) is 0 Å². The second-order valence-electron chi connectivity index (χ2n) is 6.99. The van der Waals surface area contributed by atoms with Gasteiger partial charge in [0.1, 0.15) is 0 Å². The predicted molar refractivity (Wildman–Crippen MR) is 82.7 cm³/mol. The largest absolute Gasteiger partial charge is 0.354 e. The molecule has 0 spiro atoms. The van der Waals surface area contributed by atoms with Gasteiger partial charge in [-0.05, 0) is 61.0 Å². The molecule has 2 aliphatic carbocycles. The number of nitrogens with one attached hydrogen (secondary N) is 2. The van der Waals surface area contributed by atoms with E-state index in [1.807, 2.05) is 0 Å². The van der Waals surface area contributed by atoms with Crippen LogP contribution < -0.4 is 10.6 Å². The highest BCUT2D eigenvalue weighted by atomic mass is 16.2. The van der Waals surface area contributed by atoms with Crippen LogP contribution in [0.1, 0.15) is 36.8 Å². The summed E-state index contributed by atoms with van der Waals surface area (Å²) in [5.41, 5.74) is 2.65. The number of hydrogen-bond acceptors (Lipinski definition) is 2. The standard InChI is InChI=1S/C18H24N2O/c21-18(20-11-16(12-5-6-12)13-7-8-13)17-9-14-3-1-2-4-15(14)10-19-17/h1-4,12-13,16-17,19H,5-11H2,(H,20,21)/t17-/m0/s1. The Morgan fingerprint density at radius 2 is 1.81 bits per heavy atom. The first-order valence-corrected chi connectivity index (χ1v) is 8.39. The lowest BCUT2D eigenvalue weighted by Gasteiger charge is -2.26. The molecule has 21 heavy (non-hydrogen) atoms. The third-order valence-corrected chi connectivity index (χ3v) is 5.36. The summed E-state index contributed by atoms with van der Waals surface area (Å²) in [6.45, 7) is 1.71. The van der Waals surface area contributed by atoms with E-state index in [-0.39, 0.29) is 11.9 Å². The molecule has 1 aromatic rings. The Balaban J connectivity index is 1.33. The maximum absolute atomic E-state index is 12.4. The van der Waals surface area contributed by atoms with Crippen LogP contribution in [0.4, 0.5) is 0 Å². The van der Waals surface area contributed by atoms with Gasteiger partial charge in [0.15, 0.2) is 0 Å². The molecule has 1 atom stereocenters. The van der Waals surface area contributed by atoms with E-state index in [9.17, 15) is 4.79 Å². The van der Waals surface area contributed by atoms with E-state index in [4.69, 9.17) is 0 Å². The Morgan fingerprint density at radius 3 is 2.48 bits per heavy atom. The van der Waals surface area contributed by atoms with Gasteiger partial charge in [0, 0.05) is 13.1 Å². The molecule has 1 heterocycles. The highest BCUT2D eigenvalue weighted by Crippen LogP contribution is 2.48. The van der Waals surface area contributed by atoms with Crippen molar-refractivity contribution in [2.45, 2.75) is 44.7 Å². The van der Waals surface area contributed by atoms with E-state index in [0.717, 1.165) is 37.3 Å². The molecule has 2 fully saturated rings. The Bertz CT molecular complexity index is 522. The quantitative estimate of drug-likeness (QED) is 0.871. The number of amides is 1. The molecule has 0 aromatic heterocycles. The first kappa shape index (κ1) is 13.3. The average molecular weight is 284 g/mol. The summed E-state index contributed by atoms with van der Waals surface area (Å²) in [6, 6.07) is 8.37. The summed E-state index contributed by atoms with van der Waals surface area (Å²) >= 11 is 0. The molecule has 1 aromatic carbocycles. The van der Waals surface area contributed by atoms with Crippen LogP contribution in [0.3, 0.4) is 0 Å². The number of fused-ring (bicyclic) bond motifs is 1. The van der Waals surface area contributed by atoms with Gasteiger partial charge in [0.05, 0.1) is 6.04 Å². The van der Waals surface area contributed by atoms with Crippen molar-refractivity contribution in [3.8, 4) is 0 Å². The summed E-state index contributed by atoms with van der Waals surface area (Å²) in [4.78, 5) is 12.4. The normalized spacial score (nSPS) is 24.7. The third kappa shape index (κ3) is 2.98. The van der Waals surface area contributed by atoms with E-state index in [2.05, 4.69) is 34.9 Å². The van der Waals surface area contributed by atoms with Gasteiger partial charge in [-0.3, -0.25) is 4.79 Å². The summed E-state index contributed by atoms with van der Waals surface area (Å²) in [6.07, 6.45) is 6.34. The fourth-order valence-corrected chi connectivity index (χ4v) is 3.75. The van der Waals surface area contributed by atoms with Crippen molar-refractivity contribution in [1.29, 1.82) is 0 Å². The number of carbonyl (C=O) groups is 1. The van der Waals surface area contributed by atoms with Crippen LogP contribution >= 0.6 is 0 Å². The average Bonchev–Trinajstić information content (AvgIpc) is 3.39. The molecule has 0 saturated heterocycles. The highest BCUT2D eigenvalue weighted by Gasteiger charge is 2.41. The number of rotatable bonds is 5. The van der Waals surface area contributed by atoms with Crippen LogP contribution in [0.15, 0.2) is 24.3 Å². The van der Waals surface area contributed by atoms with Crippen LogP contribution in [0.25, 0.3) is 0 Å². The van der Waals surface area contributed by atoms with E-state index in [1.54, 1.807) is 0 Å². The van der Waals surface area contributed by atoms with Gasteiger partial charge < -0.3 is 10.6 Å². The number of hydrogen-bond donors (Lipinski definition) is 2. The first-order valence-electron chi connectivity index (χ1n) is 8.39. The van der Waals surface area contributed by atoms with Crippen LogP contribution in [0, 0.1) is 17.8 Å². The van der Waals surface area contributed by atoms with Crippen LogP contribution in [0.5, 0.6) is 0 Å². The molecule has 4 rings (SSSR count). The zero-order valence-corrected chi connectivity index (χ0v) is 12.5. The van der Waals surface area contributed by atoms with E-state index >= 15 is 0 Å². The van der Waals surface area contributed by atoms with Crippen molar-refractivity contribution in [2.24, 2.45) is 17.8 Å². The Kier molecular flexibility index (Phi) is 3.46. The van der Waals surface area contributed by atoms with Gasteiger partial charge >= 0.3 is 0 Å². The molecule has 2 saturated carbocycles. The summed E-state index contributed by atoms with van der Waals surface area (Å²) in [5.74, 6) is 2.75.